The summed E-state index contributed by atoms with van der Waals surface area (Å²) < 4.78 is 5.39. The lowest BCUT2D eigenvalue weighted by Gasteiger charge is -2.32. The molecule has 6 heteroatoms. The van der Waals surface area contributed by atoms with Gasteiger partial charge in [-0.2, -0.15) is 0 Å². The van der Waals surface area contributed by atoms with Crippen molar-refractivity contribution in [3.63, 3.8) is 0 Å². The van der Waals surface area contributed by atoms with E-state index >= 15 is 0 Å². The lowest BCUT2D eigenvalue weighted by atomic mass is 10.2. The number of anilines is 1. The number of ether oxygens (including phenoxy) is 1. The first-order chi connectivity index (χ1) is 10.3. The quantitative estimate of drug-likeness (QED) is 0.887. The Morgan fingerprint density at radius 1 is 1.38 bits per heavy atom. The maximum atomic E-state index is 12.7. The van der Waals surface area contributed by atoms with Crippen molar-refractivity contribution in [2.75, 3.05) is 51.8 Å². The van der Waals surface area contributed by atoms with Crippen molar-refractivity contribution >= 4 is 11.6 Å². The normalized spacial score (nSPS) is 23.3. The lowest BCUT2D eigenvalue weighted by molar-refractivity contribution is 0.0185. The van der Waals surface area contributed by atoms with E-state index in [1.54, 1.807) is 12.4 Å². The lowest BCUT2D eigenvalue weighted by Crippen LogP contribution is -2.45. The molecule has 1 amide bonds. The number of nitrogens with one attached hydrogen (secondary N) is 1. The van der Waals surface area contributed by atoms with E-state index in [-0.39, 0.29) is 5.91 Å². The second kappa shape index (κ2) is 6.41. The molecular weight excluding hydrogens is 268 g/mol. The molecule has 1 N–H and O–H groups in total. The zero-order chi connectivity index (χ0) is 14.7. The number of pyridine rings is 1. The van der Waals surface area contributed by atoms with Crippen molar-refractivity contribution < 1.29 is 9.53 Å². The first-order valence-electron chi connectivity index (χ1n) is 7.52. The minimum atomic E-state index is 0.0724. The van der Waals surface area contributed by atoms with Crippen LogP contribution in [0, 0.1) is 0 Å². The third-order valence-corrected chi connectivity index (χ3v) is 4.33. The maximum Gasteiger partial charge on any atom is 0.257 e. The summed E-state index contributed by atoms with van der Waals surface area (Å²) in [5, 5.41) is 3.06. The molecule has 0 aromatic carbocycles. The van der Waals surface area contributed by atoms with Crippen molar-refractivity contribution in [2.45, 2.75) is 12.5 Å². The summed E-state index contributed by atoms with van der Waals surface area (Å²) in [6.07, 6.45) is 4.39. The van der Waals surface area contributed by atoms with Crippen molar-refractivity contribution in [3.8, 4) is 0 Å². The number of carbonyl (C=O) groups is 1. The van der Waals surface area contributed by atoms with Gasteiger partial charge in [-0.1, -0.05) is 0 Å². The van der Waals surface area contributed by atoms with Crippen LogP contribution in [-0.2, 0) is 4.74 Å². The average Bonchev–Trinajstić information content (AvgIpc) is 3.05. The Balaban J connectivity index is 1.66. The van der Waals surface area contributed by atoms with Crippen LogP contribution < -0.4 is 5.32 Å². The molecule has 21 heavy (non-hydrogen) atoms. The Bertz CT molecular complexity index is 502. The Kier molecular flexibility index (Phi) is 4.36. The highest BCUT2D eigenvalue weighted by atomic mass is 16.5. The van der Waals surface area contributed by atoms with Crippen LogP contribution in [0.15, 0.2) is 18.5 Å². The molecule has 2 fully saturated rings. The number of aromatic nitrogens is 1. The van der Waals surface area contributed by atoms with Gasteiger partial charge in [0.15, 0.2) is 0 Å². The molecular formula is C15H22N4O2. The monoisotopic (exact) mass is 290 g/mol. The van der Waals surface area contributed by atoms with E-state index in [2.05, 4.69) is 15.2 Å². The molecule has 2 aliphatic rings. The molecule has 0 saturated carbocycles. The molecule has 3 rings (SSSR count). The van der Waals surface area contributed by atoms with Gasteiger partial charge in [-0.05, 0) is 12.5 Å². The Morgan fingerprint density at radius 3 is 2.95 bits per heavy atom. The summed E-state index contributed by atoms with van der Waals surface area (Å²) in [7, 11) is 1.83. The fourth-order valence-corrected chi connectivity index (χ4v) is 3.12. The van der Waals surface area contributed by atoms with Gasteiger partial charge in [0.25, 0.3) is 5.91 Å². The highest BCUT2D eigenvalue weighted by Gasteiger charge is 2.32. The van der Waals surface area contributed by atoms with Crippen molar-refractivity contribution in [1.82, 2.24) is 14.8 Å². The summed E-state index contributed by atoms with van der Waals surface area (Å²) in [4.78, 5) is 21.1. The molecule has 0 radical (unpaired) electrons. The van der Waals surface area contributed by atoms with E-state index in [1.807, 2.05) is 18.0 Å². The van der Waals surface area contributed by atoms with Gasteiger partial charge in [-0.15, -0.1) is 0 Å². The van der Waals surface area contributed by atoms with Crippen LogP contribution in [0.1, 0.15) is 16.8 Å². The number of nitrogens with zero attached hydrogens (tertiary/aromatic N) is 3. The standard InChI is InChI=1S/C15H22N4O2/c1-16-14-2-4-17-10-13(14)15(20)19-5-3-12(11-19)18-6-8-21-9-7-18/h2,4,10,12H,3,5-9,11H2,1H3,(H,16,17). The van der Waals surface area contributed by atoms with Gasteiger partial charge in [-0.25, -0.2) is 0 Å². The van der Waals surface area contributed by atoms with Gasteiger partial charge in [-0.3, -0.25) is 14.7 Å². The second-order valence-electron chi connectivity index (χ2n) is 5.51. The van der Waals surface area contributed by atoms with E-state index in [4.69, 9.17) is 4.74 Å². The van der Waals surface area contributed by atoms with E-state index in [9.17, 15) is 4.79 Å². The van der Waals surface area contributed by atoms with Crippen LogP contribution in [0.25, 0.3) is 0 Å². The molecule has 0 bridgehead atoms. The smallest absolute Gasteiger partial charge is 0.257 e. The number of likely N-dealkylation sites (tertiary alicyclic amines) is 1. The molecule has 114 valence electrons. The van der Waals surface area contributed by atoms with Crippen LogP contribution in [0.5, 0.6) is 0 Å². The average molecular weight is 290 g/mol. The first-order valence-corrected chi connectivity index (χ1v) is 7.52. The van der Waals surface area contributed by atoms with E-state index in [0.717, 1.165) is 51.5 Å². The number of hydrogen-bond acceptors (Lipinski definition) is 5. The predicted octanol–water partition coefficient (Wildman–Crippen LogP) is 0.670. The Hall–Kier alpha value is -1.66. The second-order valence-corrected chi connectivity index (χ2v) is 5.51. The van der Waals surface area contributed by atoms with E-state index in [1.165, 1.54) is 0 Å². The summed E-state index contributed by atoms with van der Waals surface area (Å²) in [5.41, 5.74) is 1.49. The summed E-state index contributed by atoms with van der Waals surface area (Å²) >= 11 is 0. The number of carbonyl (C=O) groups excluding carboxylic acids is 1. The van der Waals surface area contributed by atoms with Crippen molar-refractivity contribution in [3.05, 3.63) is 24.0 Å². The fraction of sp³-hybridized carbons (Fsp3) is 0.600. The molecule has 0 aliphatic carbocycles. The molecule has 1 aromatic heterocycles. The third kappa shape index (κ3) is 3.01. The third-order valence-electron chi connectivity index (χ3n) is 4.33. The molecule has 1 unspecified atom stereocenters. The van der Waals surface area contributed by atoms with Gasteiger partial charge in [0.2, 0.25) is 0 Å². The Morgan fingerprint density at radius 2 is 2.19 bits per heavy atom. The topological polar surface area (TPSA) is 57.7 Å². The molecule has 2 saturated heterocycles. The van der Waals surface area contributed by atoms with Crippen molar-refractivity contribution in [1.29, 1.82) is 0 Å². The van der Waals surface area contributed by atoms with E-state index in [0.29, 0.717) is 11.6 Å². The van der Waals surface area contributed by atoms with Crippen LogP contribution in [0.3, 0.4) is 0 Å². The summed E-state index contributed by atoms with van der Waals surface area (Å²) in [6.45, 7) is 5.17. The molecule has 1 atom stereocenters. The minimum absolute atomic E-state index is 0.0724. The molecule has 1 aromatic rings. The maximum absolute atomic E-state index is 12.7. The summed E-state index contributed by atoms with van der Waals surface area (Å²) in [5.74, 6) is 0.0724. The van der Waals surface area contributed by atoms with E-state index < -0.39 is 0 Å². The first kappa shape index (κ1) is 14.3. The fourth-order valence-electron chi connectivity index (χ4n) is 3.12. The molecule has 2 aliphatic heterocycles. The van der Waals surface area contributed by atoms with Gasteiger partial charge in [0.05, 0.1) is 18.8 Å². The largest absolute Gasteiger partial charge is 0.387 e. The van der Waals surface area contributed by atoms with Crippen LogP contribution in [-0.4, -0.2) is 73.2 Å². The highest BCUT2D eigenvalue weighted by Crippen LogP contribution is 2.21. The number of amides is 1. The number of rotatable bonds is 3. The highest BCUT2D eigenvalue weighted by molar-refractivity contribution is 5.99. The van der Waals surface area contributed by atoms with Crippen LogP contribution in [0.4, 0.5) is 5.69 Å². The number of morpholine rings is 1. The zero-order valence-corrected chi connectivity index (χ0v) is 12.4. The molecule has 6 nitrogen and oxygen atoms in total. The van der Waals surface area contributed by atoms with Crippen LogP contribution in [0.2, 0.25) is 0 Å². The molecule has 3 heterocycles. The number of hydrogen-bond donors (Lipinski definition) is 1. The van der Waals surface area contributed by atoms with Gasteiger partial charge in [0.1, 0.15) is 0 Å². The van der Waals surface area contributed by atoms with Crippen molar-refractivity contribution in [2.24, 2.45) is 0 Å². The van der Waals surface area contributed by atoms with Gasteiger partial charge < -0.3 is 15.0 Å². The predicted molar refractivity (Wildman–Crippen MR) is 80.5 cm³/mol. The van der Waals surface area contributed by atoms with Gasteiger partial charge in [0, 0.05) is 57.3 Å². The minimum Gasteiger partial charge on any atom is -0.387 e. The van der Waals surface area contributed by atoms with Crippen LogP contribution >= 0.6 is 0 Å². The Labute approximate surface area is 125 Å². The SMILES string of the molecule is CNc1ccncc1C(=O)N1CCC(N2CCOCC2)C1. The van der Waals surface area contributed by atoms with Gasteiger partial charge >= 0.3 is 0 Å². The zero-order valence-electron chi connectivity index (χ0n) is 12.4. The summed E-state index contributed by atoms with van der Waals surface area (Å²) in [6, 6.07) is 2.30. The molecule has 0 spiro atoms.